The second-order valence-electron chi connectivity index (χ2n) is 6.84. The first-order chi connectivity index (χ1) is 11.3. The van der Waals surface area contributed by atoms with Crippen molar-refractivity contribution in [3.63, 3.8) is 0 Å². The molecule has 1 aromatic heterocycles. The molecule has 1 saturated heterocycles. The highest BCUT2D eigenvalue weighted by molar-refractivity contribution is 5.80. The average Bonchev–Trinajstić information content (AvgIpc) is 2.97. The Kier molecular flexibility index (Phi) is 4.20. The molecule has 1 unspecified atom stereocenters. The van der Waals surface area contributed by atoms with E-state index in [1.807, 2.05) is 0 Å². The standard InChI is InChI=1S/C16H27N7/c1-2-17-16(19-12-7-9-22(11-12)13-5-6-13)18-10-15-21-20-14-4-3-8-23(14)15/h12-13H,2-11H2,1H3,(H2,17,18,19). The molecule has 2 N–H and O–H groups in total. The van der Waals surface area contributed by atoms with Gasteiger partial charge in [0.1, 0.15) is 12.4 Å². The molecule has 0 radical (unpaired) electrons. The minimum Gasteiger partial charge on any atom is -0.357 e. The number of rotatable bonds is 5. The van der Waals surface area contributed by atoms with E-state index >= 15 is 0 Å². The van der Waals surface area contributed by atoms with E-state index in [0.717, 1.165) is 49.7 Å². The molecule has 3 aliphatic rings. The molecule has 2 aliphatic heterocycles. The van der Waals surface area contributed by atoms with Crippen LogP contribution in [-0.2, 0) is 19.5 Å². The molecular formula is C16H27N7. The number of nitrogens with one attached hydrogen (secondary N) is 2. The molecule has 7 nitrogen and oxygen atoms in total. The molecule has 7 heteroatoms. The molecule has 23 heavy (non-hydrogen) atoms. The first kappa shape index (κ1) is 14.9. The van der Waals surface area contributed by atoms with Crippen molar-refractivity contribution in [2.75, 3.05) is 19.6 Å². The first-order valence-corrected chi connectivity index (χ1v) is 9.03. The minimum atomic E-state index is 0.512. The second-order valence-corrected chi connectivity index (χ2v) is 6.84. The quantitative estimate of drug-likeness (QED) is 0.612. The van der Waals surface area contributed by atoms with Crippen molar-refractivity contribution < 1.29 is 0 Å². The predicted octanol–water partition coefficient (Wildman–Crippen LogP) is 0.516. The number of aliphatic imine (C=N–C) groups is 1. The van der Waals surface area contributed by atoms with E-state index in [9.17, 15) is 0 Å². The number of fused-ring (bicyclic) bond motifs is 1. The van der Waals surface area contributed by atoms with Gasteiger partial charge in [0, 0.05) is 44.7 Å². The van der Waals surface area contributed by atoms with Crippen LogP contribution in [0.15, 0.2) is 4.99 Å². The molecule has 1 aliphatic carbocycles. The Morgan fingerprint density at radius 3 is 3.00 bits per heavy atom. The van der Waals surface area contributed by atoms with Crippen LogP contribution >= 0.6 is 0 Å². The fourth-order valence-corrected chi connectivity index (χ4v) is 3.67. The van der Waals surface area contributed by atoms with Crippen LogP contribution in [0.4, 0.5) is 0 Å². The number of guanidine groups is 1. The highest BCUT2D eigenvalue weighted by atomic mass is 15.3. The fourth-order valence-electron chi connectivity index (χ4n) is 3.67. The van der Waals surface area contributed by atoms with Gasteiger partial charge >= 0.3 is 0 Å². The van der Waals surface area contributed by atoms with Gasteiger partial charge in [-0.15, -0.1) is 10.2 Å². The lowest BCUT2D eigenvalue weighted by atomic mass is 10.3. The van der Waals surface area contributed by atoms with Crippen molar-refractivity contribution in [2.24, 2.45) is 4.99 Å². The van der Waals surface area contributed by atoms with Gasteiger partial charge in [-0.3, -0.25) is 4.90 Å². The van der Waals surface area contributed by atoms with Crippen molar-refractivity contribution in [3.05, 3.63) is 11.6 Å². The predicted molar refractivity (Wildman–Crippen MR) is 89.3 cm³/mol. The molecule has 1 aromatic rings. The number of likely N-dealkylation sites (tertiary alicyclic amines) is 1. The Balaban J connectivity index is 1.36. The Morgan fingerprint density at radius 1 is 1.26 bits per heavy atom. The van der Waals surface area contributed by atoms with Crippen molar-refractivity contribution in [2.45, 2.75) is 64.2 Å². The summed E-state index contributed by atoms with van der Waals surface area (Å²) in [5.41, 5.74) is 0. The number of aryl methyl sites for hydroxylation is 1. The number of hydrogen-bond donors (Lipinski definition) is 2. The van der Waals surface area contributed by atoms with E-state index in [-0.39, 0.29) is 0 Å². The SMILES string of the molecule is CCNC(=NCc1nnc2n1CCC2)NC1CCN(C2CC2)C1. The third-order valence-electron chi connectivity index (χ3n) is 5.03. The van der Waals surface area contributed by atoms with Crippen LogP contribution in [0.25, 0.3) is 0 Å². The van der Waals surface area contributed by atoms with Crippen LogP contribution in [0, 0.1) is 0 Å². The van der Waals surface area contributed by atoms with Gasteiger partial charge < -0.3 is 15.2 Å². The lowest BCUT2D eigenvalue weighted by molar-refractivity contribution is 0.321. The Hall–Kier alpha value is -1.63. The lowest BCUT2D eigenvalue weighted by Gasteiger charge is -2.18. The normalized spacial score (nSPS) is 24.9. The number of hydrogen-bond acceptors (Lipinski definition) is 4. The van der Waals surface area contributed by atoms with Crippen LogP contribution in [0.3, 0.4) is 0 Å². The summed E-state index contributed by atoms with van der Waals surface area (Å²) in [7, 11) is 0. The zero-order chi connectivity index (χ0) is 15.6. The highest BCUT2D eigenvalue weighted by Crippen LogP contribution is 2.29. The summed E-state index contributed by atoms with van der Waals surface area (Å²) in [6.45, 7) is 6.99. The molecule has 0 spiro atoms. The average molecular weight is 317 g/mol. The van der Waals surface area contributed by atoms with E-state index in [1.165, 1.54) is 32.2 Å². The van der Waals surface area contributed by atoms with E-state index in [4.69, 9.17) is 4.99 Å². The van der Waals surface area contributed by atoms with Crippen LogP contribution in [0.2, 0.25) is 0 Å². The topological polar surface area (TPSA) is 70.4 Å². The first-order valence-electron chi connectivity index (χ1n) is 9.03. The number of aromatic nitrogens is 3. The zero-order valence-corrected chi connectivity index (χ0v) is 14.0. The molecule has 4 rings (SSSR count). The monoisotopic (exact) mass is 317 g/mol. The van der Waals surface area contributed by atoms with Crippen molar-refractivity contribution in [1.82, 2.24) is 30.3 Å². The Morgan fingerprint density at radius 2 is 2.17 bits per heavy atom. The number of nitrogens with zero attached hydrogens (tertiary/aromatic N) is 5. The summed E-state index contributed by atoms with van der Waals surface area (Å²) < 4.78 is 2.22. The van der Waals surface area contributed by atoms with Gasteiger partial charge in [-0.05, 0) is 32.6 Å². The molecule has 0 amide bonds. The van der Waals surface area contributed by atoms with Gasteiger partial charge in [0.15, 0.2) is 11.8 Å². The van der Waals surface area contributed by atoms with E-state index in [0.29, 0.717) is 12.6 Å². The van der Waals surface area contributed by atoms with Gasteiger partial charge in [-0.25, -0.2) is 4.99 Å². The smallest absolute Gasteiger partial charge is 0.191 e. The van der Waals surface area contributed by atoms with Crippen LogP contribution in [0.1, 0.15) is 44.3 Å². The molecule has 1 atom stereocenters. The van der Waals surface area contributed by atoms with E-state index in [1.54, 1.807) is 0 Å². The minimum absolute atomic E-state index is 0.512. The van der Waals surface area contributed by atoms with Crippen molar-refractivity contribution >= 4 is 5.96 Å². The van der Waals surface area contributed by atoms with Crippen molar-refractivity contribution in [1.29, 1.82) is 0 Å². The Bertz CT molecular complexity index is 575. The van der Waals surface area contributed by atoms with E-state index < -0.39 is 0 Å². The summed E-state index contributed by atoms with van der Waals surface area (Å²) in [4.78, 5) is 7.35. The zero-order valence-electron chi connectivity index (χ0n) is 14.0. The van der Waals surface area contributed by atoms with Crippen LogP contribution < -0.4 is 10.6 Å². The third kappa shape index (κ3) is 3.34. The molecule has 1 saturated carbocycles. The highest BCUT2D eigenvalue weighted by Gasteiger charge is 2.34. The molecule has 3 heterocycles. The second kappa shape index (κ2) is 6.47. The van der Waals surface area contributed by atoms with E-state index in [2.05, 4.69) is 37.2 Å². The third-order valence-corrected chi connectivity index (χ3v) is 5.03. The molecule has 0 bridgehead atoms. The maximum atomic E-state index is 4.74. The van der Waals surface area contributed by atoms with Gasteiger partial charge in [0.25, 0.3) is 0 Å². The lowest BCUT2D eigenvalue weighted by Crippen LogP contribution is -2.44. The Labute approximate surface area is 137 Å². The summed E-state index contributed by atoms with van der Waals surface area (Å²) in [5.74, 6) is 3.01. The van der Waals surface area contributed by atoms with Crippen molar-refractivity contribution in [3.8, 4) is 0 Å². The summed E-state index contributed by atoms with van der Waals surface area (Å²) >= 11 is 0. The maximum Gasteiger partial charge on any atom is 0.191 e. The summed E-state index contributed by atoms with van der Waals surface area (Å²) in [5, 5.41) is 15.5. The fraction of sp³-hybridized carbons (Fsp3) is 0.812. The van der Waals surface area contributed by atoms with Gasteiger partial charge in [-0.1, -0.05) is 0 Å². The molecular weight excluding hydrogens is 290 g/mol. The molecule has 2 fully saturated rings. The summed E-state index contributed by atoms with van der Waals surface area (Å²) in [6, 6.07) is 1.37. The van der Waals surface area contributed by atoms with Crippen LogP contribution in [-0.4, -0.2) is 57.3 Å². The van der Waals surface area contributed by atoms with Gasteiger partial charge in [0.05, 0.1) is 0 Å². The van der Waals surface area contributed by atoms with Gasteiger partial charge in [-0.2, -0.15) is 0 Å². The molecule has 0 aromatic carbocycles. The summed E-state index contributed by atoms with van der Waals surface area (Å²) in [6.07, 6.45) is 6.21. The largest absolute Gasteiger partial charge is 0.357 e. The molecule has 126 valence electrons. The maximum absolute atomic E-state index is 4.74. The van der Waals surface area contributed by atoms with Crippen LogP contribution in [0.5, 0.6) is 0 Å². The van der Waals surface area contributed by atoms with Gasteiger partial charge in [0.2, 0.25) is 0 Å².